The van der Waals surface area contributed by atoms with Crippen LogP contribution in [-0.4, -0.2) is 77.4 Å². The minimum Gasteiger partial charge on any atom is -0.465 e. The summed E-state index contributed by atoms with van der Waals surface area (Å²) in [4.78, 5) is 32.5. The highest BCUT2D eigenvalue weighted by Gasteiger charge is 2.40. The minimum absolute atomic E-state index is 0.132. The number of carboxylic acid groups (broad SMARTS) is 1. The van der Waals surface area contributed by atoms with Crippen molar-refractivity contribution in [1.29, 1.82) is 0 Å². The Bertz CT molecular complexity index is 1470. The molecule has 0 saturated carbocycles. The molecule has 40 heavy (non-hydrogen) atoms. The summed E-state index contributed by atoms with van der Waals surface area (Å²) < 4.78 is 14.1. The molecule has 0 radical (unpaired) electrons. The molecule has 2 aliphatic rings. The van der Waals surface area contributed by atoms with E-state index in [1.807, 2.05) is 19.3 Å². The van der Waals surface area contributed by atoms with Crippen LogP contribution in [0.3, 0.4) is 0 Å². The summed E-state index contributed by atoms with van der Waals surface area (Å²) in [6.45, 7) is 13.5. The van der Waals surface area contributed by atoms with Crippen LogP contribution in [0.1, 0.15) is 50.0 Å². The molecule has 0 unspecified atom stereocenters. The van der Waals surface area contributed by atoms with Crippen molar-refractivity contribution in [2.24, 2.45) is 7.05 Å². The topological polar surface area (TPSA) is 126 Å². The first-order valence-electron chi connectivity index (χ1n) is 13.6. The zero-order chi connectivity index (χ0) is 28.8. The number of benzene rings is 1. The number of nitrogens with one attached hydrogen (secondary N) is 1. The van der Waals surface area contributed by atoms with Gasteiger partial charge >= 0.3 is 6.09 Å². The predicted molar refractivity (Wildman–Crippen MR) is 156 cm³/mol. The number of hydrogen-bond acceptors (Lipinski definition) is 7. The van der Waals surface area contributed by atoms with Crippen molar-refractivity contribution in [3.63, 3.8) is 0 Å². The molecular formula is C28H38N6O5Si. The van der Waals surface area contributed by atoms with Crippen LogP contribution in [0.4, 0.5) is 16.2 Å². The number of fused-ring (bicyclic) bond motifs is 1. The second kappa shape index (κ2) is 10.4. The number of amides is 2. The van der Waals surface area contributed by atoms with Crippen molar-refractivity contribution in [3.8, 4) is 0 Å². The fourth-order valence-corrected chi connectivity index (χ4v) is 6.31. The maximum atomic E-state index is 13.3. The number of nitrogens with zero attached hydrogens (tertiary/aromatic N) is 5. The second-order valence-corrected chi connectivity index (χ2v) is 16.9. The van der Waals surface area contributed by atoms with Gasteiger partial charge in [0.15, 0.2) is 14.0 Å². The first-order valence-corrected chi connectivity index (χ1v) is 16.6. The van der Waals surface area contributed by atoms with Crippen molar-refractivity contribution < 1.29 is 23.5 Å². The van der Waals surface area contributed by atoms with Crippen molar-refractivity contribution in [2.45, 2.75) is 57.8 Å². The van der Waals surface area contributed by atoms with Crippen molar-refractivity contribution >= 4 is 48.2 Å². The molecule has 0 bridgehead atoms. The Morgan fingerprint density at radius 1 is 1.23 bits per heavy atom. The first kappa shape index (κ1) is 27.9. The molecule has 1 fully saturated rings. The van der Waals surface area contributed by atoms with Gasteiger partial charge in [-0.25, -0.2) is 9.78 Å². The van der Waals surface area contributed by atoms with Crippen LogP contribution in [0, 0.1) is 0 Å². The summed E-state index contributed by atoms with van der Waals surface area (Å²) in [5, 5.41) is 17.7. The fourth-order valence-electron chi connectivity index (χ4n) is 4.94. The van der Waals surface area contributed by atoms with E-state index in [1.165, 1.54) is 11.2 Å². The quantitative estimate of drug-likeness (QED) is 0.391. The molecule has 3 aromatic rings. The van der Waals surface area contributed by atoms with Crippen molar-refractivity contribution in [2.75, 3.05) is 36.4 Å². The smallest absolute Gasteiger partial charge is 0.407 e. The number of hydrogen-bond donors (Lipinski definition) is 2. The molecule has 4 heterocycles. The van der Waals surface area contributed by atoms with Gasteiger partial charge in [0.1, 0.15) is 6.26 Å². The number of carbonyl (C=O) groups is 2. The Morgan fingerprint density at radius 3 is 2.67 bits per heavy atom. The van der Waals surface area contributed by atoms with Crippen LogP contribution in [0.25, 0.3) is 16.5 Å². The fraction of sp³-hybridized carbons (Fsp3) is 0.500. The van der Waals surface area contributed by atoms with E-state index in [2.05, 4.69) is 60.2 Å². The largest absolute Gasteiger partial charge is 0.465 e. The van der Waals surface area contributed by atoms with Crippen LogP contribution in [0.2, 0.25) is 18.1 Å². The van der Waals surface area contributed by atoms with Gasteiger partial charge in [-0.2, -0.15) is 5.10 Å². The zero-order valence-corrected chi connectivity index (χ0v) is 25.0. The van der Waals surface area contributed by atoms with E-state index >= 15 is 0 Å². The molecule has 11 nitrogen and oxygen atoms in total. The third-order valence-corrected chi connectivity index (χ3v) is 12.9. The Morgan fingerprint density at radius 2 is 2.00 bits per heavy atom. The summed E-state index contributed by atoms with van der Waals surface area (Å²) in [6.07, 6.45) is 5.52. The molecule has 214 valence electrons. The SMILES string of the molecule is Cn1ncc2cc(N3CC[C@H](O[Si](C)(C)C(C)(C)C)C3)c(NC(=O)c3coc(C4=CCN(C(=O)O)CC4)n3)cc21. The molecule has 0 spiro atoms. The lowest BCUT2D eigenvalue weighted by atomic mass is 10.1. The van der Waals surface area contributed by atoms with Crippen LogP contribution < -0.4 is 10.2 Å². The molecule has 1 atom stereocenters. The van der Waals surface area contributed by atoms with E-state index in [0.29, 0.717) is 24.5 Å². The standard InChI is InChI=1S/C28H38N6O5Si/c1-28(2,3)40(5,6)39-20-9-12-34(16-20)24-13-19-15-29-32(4)23(19)14-21(24)30-25(35)22-17-38-26(31-22)18-7-10-33(11-8-18)27(36)37/h7,13-15,17,20H,8-12,16H2,1-6H3,(H,30,35)(H,36,37)/t20-/m0/s1. The summed E-state index contributed by atoms with van der Waals surface area (Å²) in [5.41, 5.74) is 3.45. The van der Waals surface area contributed by atoms with Crippen LogP contribution in [-0.2, 0) is 11.5 Å². The van der Waals surface area contributed by atoms with E-state index in [1.54, 1.807) is 10.8 Å². The minimum atomic E-state index is -1.91. The van der Waals surface area contributed by atoms with Gasteiger partial charge in [0.05, 0.1) is 29.2 Å². The number of rotatable bonds is 6. The van der Waals surface area contributed by atoms with Gasteiger partial charge in [-0.1, -0.05) is 26.8 Å². The molecule has 0 aliphatic carbocycles. The lowest BCUT2D eigenvalue weighted by Crippen LogP contribution is -2.44. The maximum absolute atomic E-state index is 13.3. The lowest BCUT2D eigenvalue weighted by molar-refractivity contribution is 0.102. The van der Waals surface area contributed by atoms with Gasteiger partial charge < -0.3 is 29.1 Å². The van der Waals surface area contributed by atoms with Gasteiger partial charge in [-0.15, -0.1) is 0 Å². The summed E-state index contributed by atoms with van der Waals surface area (Å²) in [7, 11) is -0.0362. The molecular weight excluding hydrogens is 528 g/mol. The number of carbonyl (C=O) groups excluding carboxylic acids is 1. The predicted octanol–water partition coefficient (Wildman–Crippen LogP) is 5.18. The molecule has 2 aliphatic heterocycles. The van der Waals surface area contributed by atoms with Gasteiger partial charge in [-0.3, -0.25) is 9.48 Å². The van der Waals surface area contributed by atoms with E-state index in [-0.39, 0.29) is 29.3 Å². The average Bonchev–Trinajstić information content (AvgIpc) is 3.64. The molecule has 1 saturated heterocycles. The van der Waals surface area contributed by atoms with Crippen LogP contribution in [0.15, 0.2) is 35.1 Å². The zero-order valence-electron chi connectivity index (χ0n) is 24.0. The normalized spacial score (nSPS) is 18.4. The third-order valence-electron chi connectivity index (χ3n) is 8.36. The highest BCUT2D eigenvalue weighted by molar-refractivity contribution is 6.74. The lowest BCUT2D eigenvalue weighted by Gasteiger charge is -2.38. The van der Waals surface area contributed by atoms with Gasteiger partial charge in [0, 0.05) is 44.2 Å². The highest BCUT2D eigenvalue weighted by atomic mass is 28.4. The summed E-state index contributed by atoms with van der Waals surface area (Å²) >= 11 is 0. The monoisotopic (exact) mass is 566 g/mol. The number of oxazole rings is 1. The summed E-state index contributed by atoms with van der Waals surface area (Å²) in [6, 6.07) is 4.02. The Balaban J connectivity index is 1.36. The van der Waals surface area contributed by atoms with Gasteiger partial charge in [-0.05, 0) is 43.1 Å². The highest BCUT2D eigenvalue weighted by Crippen LogP contribution is 2.40. The summed E-state index contributed by atoms with van der Waals surface area (Å²) in [5.74, 6) is -0.0442. The second-order valence-electron chi connectivity index (χ2n) is 12.1. The van der Waals surface area contributed by atoms with Crippen LogP contribution >= 0.6 is 0 Å². The molecule has 2 N–H and O–H groups in total. The van der Waals surface area contributed by atoms with E-state index in [9.17, 15) is 9.59 Å². The number of aromatic nitrogens is 3. The molecule has 2 aromatic heterocycles. The third kappa shape index (κ3) is 5.50. The molecule has 5 rings (SSSR count). The maximum Gasteiger partial charge on any atom is 0.407 e. The van der Waals surface area contributed by atoms with E-state index in [4.69, 9.17) is 13.9 Å². The Kier molecular flexibility index (Phi) is 7.25. The van der Waals surface area contributed by atoms with E-state index < -0.39 is 14.4 Å². The van der Waals surface area contributed by atoms with E-state index in [0.717, 1.165) is 41.7 Å². The number of aryl methyl sites for hydroxylation is 1. The van der Waals surface area contributed by atoms with Crippen molar-refractivity contribution in [3.05, 3.63) is 42.3 Å². The molecule has 12 heteroatoms. The van der Waals surface area contributed by atoms with Gasteiger partial charge in [0.25, 0.3) is 5.91 Å². The first-order chi connectivity index (χ1) is 18.8. The number of anilines is 2. The Labute approximate surface area is 234 Å². The average molecular weight is 567 g/mol. The van der Waals surface area contributed by atoms with Crippen molar-refractivity contribution in [1.82, 2.24) is 19.7 Å². The Hall–Kier alpha value is -3.64. The van der Waals surface area contributed by atoms with Gasteiger partial charge in [0.2, 0.25) is 5.89 Å². The molecule has 2 amide bonds. The van der Waals surface area contributed by atoms with Crippen LogP contribution in [0.5, 0.6) is 0 Å². The molecule has 1 aromatic carbocycles.